The van der Waals surface area contributed by atoms with Crippen LogP contribution in [0.3, 0.4) is 0 Å². The monoisotopic (exact) mass is 287 g/mol. The van der Waals surface area contributed by atoms with Crippen molar-refractivity contribution in [2.45, 2.75) is 4.90 Å². The van der Waals surface area contributed by atoms with Crippen LogP contribution in [0.15, 0.2) is 29.2 Å². The van der Waals surface area contributed by atoms with Crippen molar-refractivity contribution in [2.24, 2.45) is 5.73 Å². The second-order valence-corrected chi connectivity index (χ2v) is 5.51. The van der Waals surface area contributed by atoms with Gasteiger partial charge in [-0.2, -0.15) is 0 Å². The molecule has 0 bridgehead atoms. The van der Waals surface area contributed by atoms with Crippen molar-refractivity contribution < 1.29 is 17.9 Å². The van der Waals surface area contributed by atoms with E-state index in [1.54, 1.807) is 0 Å². The van der Waals surface area contributed by atoms with Gasteiger partial charge in [-0.1, -0.05) is 0 Å². The summed E-state index contributed by atoms with van der Waals surface area (Å²) in [4.78, 5) is 11.5. The van der Waals surface area contributed by atoms with Gasteiger partial charge in [0.2, 0.25) is 15.9 Å². The molecule has 0 aliphatic heterocycles. The van der Waals surface area contributed by atoms with E-state index >= 15 is 0 Å². The fraction of sp³-hybridized carbons (Fsp3) is 0.364. The SMILES string of the molecule is CNS(=O)(=O)c1ccc(NC(=O)COCCN)cc1. The summed E-state index contributed by atoms with van der Waals surface area (Å²) in [5.41, 5.74) is 5.72. The molecule has 0 fully saturated rings. The number of nitrogens with two attached hydrogens (primary N) is 1. The lowest BCUT2D eigenvalue weighted by molar-refractivity contribution is -0.120. The summed E-state index contributed by atoms with van der Waals surface area (Å²) >= 11 is 0. The molecule has 0 saturated heterocycles. The highest BCUT2D eigenvalue weighted by Crippen LogP contribution is 2.13. The van der Waals surface area contributed by atoms with Crippen LogP contribution in [0, 0.1) is 0 Å². The maximum atomic E-state index is 11.5. The summed E-state index contributed by atoms with van der Waals surface area (Å²) in [6.07, 6.45) is 0. The Kier molecular flexibility index (Phi) is 5.90. The van der Waals surface area contributed by atoms with E-state index < -0.39 is 10.0 Å². The first kappa shape index (κ1) is 15.6. The Hall–Kier alpha value is -1.48. The van der Waals surface area contributed by atoms with Crippen LogP contribution < -0.4 is 15.8 Å². The van der Waals surface area contributed by atoms with Gasteiger partial charge in [0.05, 0.1) is 11.5 Å². The van der Waals surface area contributed by atoms with E-state index in [-0.39, 0.29) is 17.4 Å². The topological polar surface area (TPSA) is 111 Å². The quantitative estimate of drug-likeness (QED) is 0.586. The average Bonchev–Trinajstić information content (AvgIpc) is 2.39. The lowest BCUT2D eigenvalue weighted by atomic mass is 10.3. The predicted molar refractivity (Wildman–Crippen MR) is 71.2 cm³/mol. The number of rotatable bonds is 7. The van der Waals surface area contributed by atoms with Gasteiger partial charge in [-0.05, 0) is 31.3 Å². The molecule has 0 aliphatic rings. The fourth-order valence-corrected chi connectivity index (χ4v) is 2.01. The standard InChI is InChI=1S/C11H17N3O4S/c1-13-19(16,17)10-4-2-9(3-5-10)14-11(15)8-18-7-6-12/h2-5,13H,6-8,12H2,1H3,(H,14,15). The first-order valence-corrected chi connectivity index (χ1v) is 7.09. The zero-order valence-electron chi connectivity index (χ0n) is 10.5. The highest BCUT2D eigenvalue weighted by molar-refractivity contribution is 7.89. The minimum Gasteiger partial charge on any atom is -0.370 e. The third-order valence-electron chi connectivity index (χ3n) is 2.21. The average molecular weight is 287 g/mol. The van der Waals surface area contributed by atoms with Crippen LogP contribution in [0.5, 0.6) is 0 Å². The fourth-order valence-electron chi connectivity index (χ4n) is 1.28. The minimum atomic E-state index is -3.46. The molecule has 0 spiro atoms. The highest BCUT2D eigenvalue weighted by atomic mass is 32.2. The van der Waals surface area contributed by atoms with Gasteiger partial charge < -0.3 is 15.8 Å². The number of hydrogen-bond donors (Lipinski definition) is 3. The Morgan fingerprint density at radius 3 is 2.47 bits per heavy atom. The molecule has 0 heterocycles. The molecule has 0 radical (unpaired) electrons. The van der Waals surface area contributed by atoms with Gasteiger partial charge in [-0.25, -0.2) is 13.1 Å². The first-order chi connectivity index (χ1) is 8.99. The Morgan fingerprint density at radius 2 is 1.95 bits per heavy atom. The predicted octanol–water partition coefficient (Wildman–Crippen LogP) is -0.491. The molecule has 1 amide bonds. The maximum absolute atomic E-state index is 11.5. The van der Waals surface area contributed by atoms with E-state index in [1.807, 2.05) is 0 Å². The summed E-state index contributed by atoms with van der Waals surface area (Å²) in [7, 11) is -2.13. The molecule has 8 heteroatoms. The van der Waals surface area contributed by atoms with Crippen molar-refractivity contribution in [3.8, 4) is 0 Å². The Morgan fingerprint density at radius 1 is 1.32 bits per heavy atom. The van der Waals surface area contributed by atoms with Crippen molar-refractivity contribution in [1.29, 1.82) is 0 Å². The van der Waals surface area contributed by atoms with Crippen molar-refractivity contribution in [3.05, 3.63) is 24.3 Å². The molecule has 106 valence electrons. The second kappa shape index (κ2) is 7.19. The van der Waals surface area contributed by atoms with Crippen molar-refractivity contribution >= 4 is 21.6 Å². The highest BCUT2D eigenvalue weighted by Gasteiger charge is 2.10. The second-order valence-electron chi connectivity index (χ2n) is 3.62. The van der Waals surface area contributed by atoms with Gasteiger partial charge in [-0.15, -0.1) is 0 Å². The van der Waals surface area contributed by atoms with Crippen molar-refractivity contribution in [1.82, 2.24) is 4.72 Å². The molecule has 4 N–H and O–H groups in total. The smallest absolute Gasteiger partial charge is 0.250 e. The lowest BCUT2D eigenvalue weighted by Crippen LogP contribution is -2.21. The van der Waals surface area contributed by atoms with Gasteiger partial charge in [-0.3, -0.25) is 4.79 Å². The first-order valence-electron chi connectivity index (χ1n) is 5.61. The molecule has 0 aromatic heterocycles. The number of amides is 1. The van der Waals surface area contributed by atoms with Gasteiger partial charge in [0, 0.05) is 12.2 Å². The van der Waals surface area contributed by atoms with Gasteiger partial charge in [0.1, 0.15) is 6.61 Å². The van der Waals surface area contributed by atoms with Crippen LogP contribution in [-0.2, 0) is 19.6 Å². The summed E-state index contributed by atoms with van der Waals surface area (Å²) in [5.74, 6) is -0.322. The molecule has 1 aromatic rings. The summed E-state index contributed by atoms with van der Waals surface area (Å²) in [6, 6.07) is 5.82. The largest absolute Gasteiger partial charge is 0.370 e. The van der Waals surface area contributed by atoms with E-state index in [4.69, 9.17) is 10.5 Å². The van der Waals surface area contributed by atoms with E-state index in [2.05, 4.69) is 10.0 Å². The molecule has 0 atom stereocenters. The molecule has 0 saturated carbocycles. The number of sulfonamides is 1. The summed E-state index contributed by atoms with van der Waals surface area (Å²) < 4.78 is 30.1. The number of ether oxygens (including phenoxy) is 1. The summed E-state index contributed by atoms with van der Waals surface area (Å²) in [5, 5.41) is 2.58. The third kappa shape index (κ3) is 4.95. The van der Waals surface area contributed by atoms with Crippen LogP contribution in [0.4, 0.5) is 5.69 Å². The van der Waals surface area contributed by atoms with E-state index in [0.29, 0.717) is 18.8 Å². The number of nitrogens with one attached hydrogen (secondary N) is 2. The van der Waals surface area contributed by atoms with Crippen molar-refractivity contribution in [2.75, 3.05) is 32.1 Å². The Labute approximate surface area is 112 Å². The van der Waals surface area contributed by atoms with E-state index in [9.17, 15) is 13.2 Å². The molecule has 7 nitrogen and oxygen atoms in total. The molecular formula is C11H17N3O4S. The van der Waals surface area contributed by atoms with Gasteiger partial charge in [0.25, 0.3) is 0 Å². The minimum absolute atomic E-state index is 0.0895. The number of benzene rings is 1. The third-order valence-corrected chi connectivity index (χ3v) is 3.64. The normalized spacial score (nSPS) is 11.3. The molecule has 0 aliphatic carbocycles. The van der Waals surface area contributed by atoms with Gasteiger partial charge in [0.15, 0.2) is 0 Å². The van der Waals surface area contributed by atoms with Crippen molar-refractivity contribution in [3.63, 3.8) is 0 Å². The number of anilines is 1. The summed E-state index contributed by atoms with van der Waals surface area (Å²) in [6.45, 7) is 0.574. The molecule has 1 rings (SSSR count). The van der Waals surface area contributed by atoms with Crippen LogP contribution in [0.2, 0.25) is 0 Å². The molecule has 1 aromatic carbocycles. The maximum Gasteiger partial charge on any atom is 0.250 e. The van der Waals surface area contributed by atoms with Crippen LogP contribution in [-0.4, -0.2) is 41.1 Å². The lowest BCUT2D eigenvalue weighted by Gasteiger charge is -2.07. The molecule has 19 heavy (non-hydrogen) atoms. The van der Waals surface area contributed by atoms with Crippen LogP contribution >= 0.6 is 0 Å². The van der Waals surface area contributed by atoms with Crippen LogP contribution in [0.25, 0.3) is 0 Å². The number of carbonyl (C=O) groups excluding carboxylic acids is 1. The Bertz CT molecular complexity index is 513. The number of hydrogen-bond acceptors (Lipinski definition) is 5. The number of carbonyl (C=O) groups is 1. The van der Waals surface area contributed by atoms with E-state index in [1.165, 1.54) is 31.3 Å². The molecule has 0 unspecified atom stereocenters. The molecular weight excluding hydrogens is 270 g/mol. The Balaban J connectivity index is 2.60. The zero-order valence-corrected chi connectivity index (χ0v) is 11.4. The zero-order chi connectivity index (χ0) is 14.3. The van der Waals surface area contributed by atoms with E-state index in [0.717, 1.165) is 0 Å². The van der Waals surface area contributed by atoms with Crippen LogP contribution in [0.1, 0.15) is 0 Å². The van der Waals surface area contributed by atoms with Gasteiger partial charge >= 0.3 is 0 Å².